The van der Waals surface area contributed by atoms with E-state index in [1.807, 2.05) is 13.8 Å². The Hall–Kier alpha value is -1.43. The smallest absolute Gasteiger partial charge is 0.159 e. The number of aromatic nitrogens is 1. The second kappa shape index (κ2) is 3.99. The van der Waals surface area contributed by atoms with Crippen LogP contribution in [0.25, 0.3) is 0 Å². The van der Waals surface area contributed by atoms with Crippen molar-refractivity contribution < 1.29 is 4.39 Å². The summed E-state index contributed by atoms with van der Waals surface area (Å²) >= 11 is 0. The maximum atomic E-state index is 12.9. The van der Waals surface area contributed by atoms with Gasteiger partial charge in [0.1, 0.15) is 6.07 Å². The van der Waals surface area contributed by atoms with Crippen molar-refractivity contribution in [1.29, 1.82) is 5.26 Å². The monoisotopic (exact) mass is 178 g/mol. The third-order valence-corrected chi connectivity index (χ3v) is 2.11. The van der Waals surface area contributed by atoms with Gasteiger partial charge in [-0.15, -0.1) is 0 Å². The number of halogens is 1. The molecule has 0 fully saturated rings. The van der Waals surface area contributed by atoms with Gasteiger partial charge >= 0.3 is 0 Å². The molecule has 0 amide bonds. The molecular formula is C10H11FN2. The lowest BCUT2D eigenvalue weighted by Crippen LogP contribution is -1.98. The normalized spacial score (nSPS) is 12.2. The Morgan fingerprint density at radius 2 is 2.38 bits per heavy atom. The fourth-order valence-corrected chi connectivity index (χ4v) is 1.02. The average molecular weight is 178 g/mol. The molecule has 2 nitrogen and oxygen atoms in total. The lowest BCUT2D eigenvalue weighted by Gasteiger charge is -2.07. The molecule has 1 aromatic heterocycles. The predicted molar refractivity (Wildman–Crippen MR) is 47.6 cm³/mol. The molecule has 0 bridgehead atoms. The van der Waals surface area contributed by atoms with Crippen LogP contribution in [0.1, 0.15) is 37.4 Å². The zero-order chi connectivity index (χ0) is 9.84. The Kier molecular flexibility index (Phi) is 2.97. The van der Waals surface area contributed by atoms with Gasteiger partial charge in [0, 0.05) is 5.69 Å². The van der Waals surface area contributed by atoms with E-state index < -0.39 is 5.82 Å². The topological polar surface area (TPSA) is 36.7 Å². The first-order valence-corrected chi connectivity index (χ1v) is 4.24. The van der Waals surface area contributed by atoms with Crippen molar-refractivity contribution in [2.45, 2.75) is 26.2 Å². The van der Waals surface area contributed by atoms with Crippen LogP contribution in [0.3, 0.4) is 0 Å². The van der Waals surface area contributed by atoms with Crippen molar-refractivity contribution in [2.24, 2.45) is 0 Å². The minimum atomic E-state index is -0.547. The summed E-state index contributed by atoms with van der Waals surface area (Å²) in [5.74, 6) is -0.276. The van der Waals surface area contributed by atoms with Gasteiger partial charge in [-0.25, -0.2) is 4.39 Å². The summed E-state index contributed by atoms with van der Waals surface area (Å²) < 4.78 is 12.9. The molecule has 0 spiro atoms. The number of nitrogens with zero attached hydrogens (tertiary/aromatic N) is 2. The molecule has 0 aliphatic rings. The quantitative estimate of drug-likeness (QED) is 0.698. The SMILES string of the molecule is CCC(C)c1cc(C#N)c(F)cn1. The molecular weight excluding hydrogens is 167 g/mol. The van der Waals surface area contributed by atoms with Gasteiger partial charge in [-0.1, -0.05) is 13.8 Å². The van der Waals surface area contributed by atoms with Crippen molar-refractivity contribution in [3.8, 4) is 6.07 Å². The van der Waals surface area contributed by atoms with Gasteiger partial charge in [-0.3, -0.25) is 4.98 Å². The summed E-state index contributed by atoms with van der Waals surface area (Å²) in [7, 11) is 0. The van der Waals surface area contributed by atoms with Gasteiger partial charge in [0.2, 0.25) is 0 Å². The Balaban J connectivity index is 3.08. The molecule has 0 aromatic carbocycles. The average Bonchev–Trinajstić information content (AvgIpc) is 2.17. The van der Waals surface area contributed by atoms with E-state index in [1.165, 1.54) is 6.07 Å². The van der Waals surface area contributed by atoms with Crippen LogP contribution in [-0.2, 0) is 0 Å². The molecule has 1 unspecified atom stereocenters. The summed E-state index contributed by atoms with van der Waals surface area (Å²) in [5, 5.41) is 8.58. The van der Waals surface area contributed by atoms with Crippen molar-refractivity contribution in [2.75, 3.05) is 0 Å². The molecule has 1 heterocycles. The number of nitriles is 1. The summed E-state index contributed by atoms with van der Waals surface area (Å²) in [5.41, 5.74) is 0.853. The fraction of sp³-hybridized carbons (Fsp3) is 0.400. The van der Waals surface area contributed by atoms with E-state index in [1.54, 1.807) is 6.07 Å². The van der Waals surface area contributed by atoms with Crippen LogP contribution in [0, 0.1) is 17.1 Å². The summed E-state index contributed by atoms with van der Waals surface area (Å²) in [6, 6.07) is 3.32. The van der Waals surface area contributed by atoms with E-state index in [2.05, 4.69) is 4.98 Å². The van der Waals surface area contributed by atoms with Crippen LogP contribution in [0.4, 0.5) is 4.39 Å². The summed E-state index contributed by atoms with van der Waals surface area (Å²) in [4.78, 5) is 3.93. The van der Waals surface area contributed by atoms with Crippen LogP contribution in [0.5, 0.6) is 0 Å². The Bertz CT molecular complexity index is 341. The van der Waals surface area contributed by atoms with Crippen LogP contribution in [0.15, 0.2) is 12.3 Å². The van der Waals surface area contributed by atoms with E-state index in [0.29, 0.717) is 0 Å². The number of hydrogen-bond acceptors (Lipinski definition) is 2. The van der Waals surface area contributed by atoms with E-state index in [4.69, 9.17) is 5.26 Å². The van der Waals surface area contributed by atoms with Crippen molar-refractivity contribution >= 4 is 0 Å². The predicted octanol–water partition coefficient (Wildman–Crippen LogP) is 2.61. The highest BCUT2D eigenvalue weighted by atomic mass is 19.1. The number of rotatable bonds is 2. The summed E-state index contributed by atoms with van der Waals surface area (Å²) in [6.07, 6.45) is 2.05. The van der Waals surface area contributed by atoms with Gasteiger partial charge < -0.3 is 0 Å². The molecule has 0 radical (unpaired) electrons. The molecule has 1 rings (SSSR count). The maximum Gasteiger partial charge on any atom is 0.159 e. The second-order valence-electron chi connectivity index (χ2n) is 3.01. The van der Waals surface area contributed by atoms with E-state index in [9.17, 15) is 4.39 Å². The first-order chi connectivity index (χ1) is 6.19. The zero-order valence-electron chi connectivity index (χ0n) is 7.71. The first-order valence-electron chi connectivity index (χ1n) is 4.24. The van der Waals surface area contributed by atoms with Gasteiger partial charge in [0.15, 0.2) is 5.82 Å². The standard InChI is InChI=1S/C10H11FN2/c1-3-7(2)10-4-8(5-12)9(11)6-13-10/h4,6-7H,3H2,1-2H3. The lowest BCUT2D eigenvalue weighted by atomic mass is 10.0. The molecule has 1 aromatic rings. The molecule has 0 N–H and O–H groups in total. The minimum Gasteiger partial charge on any atom is -0.258 e. The Morgan fingerprint density at radius 3 is 2.92 bits per heavy atom. The van der Waals surface area contributed by atoms with Gasteiger partial charge in [0.25, 0.3) is 0 Å². The molecule has 0 saturated carbocycles. The molecule has 68 valence electrons. The van der Waals surface area contributed by atoms with Crippen molar-refractivity contribution in [3.63, 3.8) is 0 Å². The Morgan fingerprint density at radius 1 is 1.69 bits per heavy atom. The maximum absolute atomic E-state index is 12.9. The van der Waals surface area contributed by atoms with Gasteiger partial charge in [0.05, 0.1) is 11.8 Å². The lowest BCUT2D eigenvalue weighted by molar-refractivity contribution is 0.609. The largest absolute Gasteiger partial charge is 0.258 e. The van der Waals surface area contributed by atoms with Crippen molar-refractivity contribution in [3.05, 3.63) is 29.3 Å². The number of hydrogen-bond donors (Lipinski definition) is 0. The highest BCUT2D eigenvalue weighted by molar-refractivity contribution is 5.31. The first kappa shape index (κ1) is 9.66. The highest BCUT2D eigenvalue weighted by Crippen LogP contribution is 2.17. The van der Waals surface area contributed by atoms with Crippen LogP contribution < -0.4 is 0 Å². The molecule has 0 aliphatic heterocycles. The third kappa shape index (κ3) is 2.03. The molecule has 1 atom stereocenters. The van der Waals surface area contributed by atoms with E-state index in [-0.39, 0.29) is 11.5 Å². The second-order valence-corrected chi connectivity index (χ2v) is 3.01. The van der Waals surface area contributed by atoms with Crippen LogP contribution in [-0.4, -0.2) is 4.98 Å². The van der Waals surface area contributed by atoms with E-state index >= 15 is 0 Å². The Labute approximate surface area is 77.0 Å². The third-order valence-electron chi connectivity index (χ3n) is 2.11. The van der Waals surface area contributed by atoms with E-state index in [0.717, 1.165) is 18.3 Å². The molecule has 3 heteroatoms. The minimum absolute atomic E-state index is 0.0744. The zero-order valence-corrected chi connectivity index (χ0v) is 7.71. The van der Waals surface area contributed by atoms with Gasteiger partial charge in [-0.05, 0) is 18.4 Å². The summed E-state index contributed by atoms with van der Waals surface area (Å²) in [6.45, 7) is 4.03. The fourth-order valence-electron chi connectivity index (χ4n) is 1.02. The molecule has 13 heavy (non-hydrogen) atoms. The number of pyridine rings is 1. The van der Waals surface area contributed by atoms with Crippen LogP contribution >= 0.6 is 0 Å². The van der Waals surface area contributed by atoms with Crippen LogP contribution in [0.2, 0.25) is 0 Å². The molecule has 0 saturated heterocycles. The van der Waals surface area contributed by atoms with Crippen molar-refractivity contribution in [1.82, 2.24) is 4.98 Å². The van der Waals surface area contributed by atoms with Gasteiger partial charge in [-0.2, -0.15) is 5.26 Å². The molecule has 0 aliphatic carbocycles. The highest BCUT2D eigenvalue weighted by Gasteiger charge is 2.08.